The van der Waals surface area contributed by atoms with Crippen LogP contribution in [0, 0.1) is 5.92 Å². The second kappa shape index (κ2) is 6.20. The Morgan fingerprint density at radius 2 is 1.83 bits per heavy atom. The topological polar surface area (TPSA) is 67.2 Å². The minimum absolute atomic E-state index is 0.00670. The van der Waals surface area contributed by atoms with E-state index in [2.05, 4.69) is 32.6 Å². The van der Waals surface area contributed by atoms with Crippen molar-refractivity contribution in [2.45, 2.75) is 12.3 Å². The number of fused-ring (bicyclic) bond motifs is 1. The Labute approximate surface area is 139 Å². The van der Waals surface area contributed by atoms with Crippen LogP contribution in [-0.4, -0.2) is 22.1 Å². The summed E-state index contributed by atoms with van der Waals surface area (Å²) in [5.74, 6) is 0.267. The number of benzene rings is 2. The van der Waals surface area contributed by atoms with Gasteiger partial charge in [0.15, 0.2) is 0 Å². The normalized spacial score (nSPS) is 19.5. The van der Waals surface area contributed by atoms with Crippen molar-refractivity contribution < 1.29 is 4.79 Å². The highest BCUT2D eigenvalue weighted by Crippen LogP contribution is 2.47. The maximum absolute atomic E-state index is 12.1. The first-order valence-electron chi connectivity index (χ1n) is 7.91. The molecule has 2 aromatic carbocycles. The Kier molecular flexibility index (Phi) is 3.75. The highest BCUT2D eigenvalue weighted by molar-refractivity contribution is 5.86. The van der Waals surface area contributed by atoms with Gasteiger partial charge in [0, 0.05) is 5.92 Å². The molecule has 0 aliphatic heterocycles. The Bertz CT molecular complexity index is 907. The molecule has 0 bridgehead atoms. The molecule has 24 heavy (non-hydrogen) atoms. The predicted octanol–water partition coefficient (Wildman–Crippen LogP) is 2.88. The van der Waals surface area contributed by atoms with Gasteiger partial charge in [-0.15, -0.1) is 0 Å². The van der Waals surface area contributed by atoms with Crippen LogP contribution < -0.4 is 5.43 Å². The molecule has 1 heterocycles. The van der Waals surface area contributed by atoms with E-state index >= 15 is 0 Å². The molecule has 5 heteroatoms. The van der Waals surface area contributed by atoms with Gasteiger partial charge in [0.2, 0.25) is 5.91 Å². The first-order chi connectivity index (χ1) is 11.8. The van der Waals surface area contributed by atoms with Crippen LogP contribution in [0.5, 0.6) is 0 Å². The Hall–Kier alpha value is -3.08. The molecule has 3 aromatic rings. The van der Waals surface area contributed by atoms with Crippen LogP contribution in [0.4, 0.5) is 0 Å². The molecule has 1 amide bonds. The van der Waals surface area contributed by atoms with Gasteiger partial charge in [-0.1, -0.05) is 42.5 Å². The molecule has 0 saturated heterocycles. The van der Waals surface area contributed by atoms with Gasteiger partial charge in [0.1, 0.15) is 5.69 Å². The second-order valence-corrected chi connectivity index (χ2v) is 5.88. The number of aromatic nitrogens is 2. The van der Waals surface area contributed by atoms with E-state index in [-0.39, 0.29) is 11.8 Å². The summed E-state index contributed by atoms with van der Waals surface area (Å²) < 4.78 is 0. The van der Waals surface area contributed by atoms with Crippen LogP contribution in [0.1, 0.15) is 23.6 Å². The number of hydrazone groups is 1. The SMILES string of the molecule is O=C(N/N=C\c1cnc2ccccc2n1)[C@H]1C[C@@H]1c1ccccc1. The predicted molar refractivity (Wildman–Crippen MR) is 92.6 cm³/mol. The van der Waals surface area contributed by atoms with Gasteiger partial charge in [-0.2, -0.15) is 5.10 Å². The molecule has 0 spiro atoms. The van der Waals surface area contributed by atoms with Crippen LogP contribution in [-0.2, 0) is 4.79 Å². The summed E-state index contributed by atoms with van der Waals surface area (Å²) in [6.07, 6.45) is 4.04. The first kappa shape index (κ1) is 14.5. The molecular formula is C19H16N4O. The molecule has 118 valence electrons. The van der Waals surface area contributed by atoms with E-state index in [1.165, 1.54) is 11.8 Å². The van der Waals surface area contributed by atoms with Gasteiger partial charge in [0.05, 0.1) is 23.4 Å². The Balaban J connectivity index is 1.37. The lowest BCUT2D eigenvalue weighted by Crippen LogP contribution is -2.20. The average Bonchev–Trinajstić information content (AvgIpc) is 3.43. The molecule has 0 radical (unpaired) electrons. The molecule has 1 N–H and O–H groups in total. The molecule has 1 aliphatic carbocycles. The van der Waals surface area contributed by atoms with Gasteiger partial charge < -0.3 is 0 Å². The second-order valence-electron chi connectivity index (χ2n) is 5.88. The van der Waals surface area contributed by atoms with Crippen molar-refractivity contribution in [1.29, 1.82) is 0 Å². The van der Waals surface area contributed by atoms with Crippen LogP contribution in [0.25, 0.3) is 11.0 Å². The molecule has 1 fully saturated rings. The summed E-state index contributed by atoms with van der Waals surface area (Å²) in [5, 5.41) is 4.01. The number of amides is 1. The Morgan fingerprint density at radius 3 is 2.67 bits per heavy atom. The van der Waals surface area contributed by atoms with Crippen LogP contribution in [0.3, 0.4) is 0 Å². The zero-order valence-electron chi connectivity index (χ0n) is 13.0. The number of rotatable bonds is 4. The van der Waals surface area contributed by atoms with Crippen LogP contribution >= 0.6 is 0 Å². The third-order valence-corrected chi connectivity index (χ3v) is 4.19. The highest BCUT2D eigenvalue weighted by atomic mass is 16.2. The molecule has 5 nitrogen and oxygen atoms in total. The van der Waals surface area contributed by atoms with Gasteiger partial charge in [0.25, 0.3) is 0 Å². The summed E-state index contributed by atoms with van der Waals surface area (Å²) in [6, 6.07) is 17.7. The fourth-order valence-corrected chi connectivity index (χ4v) is 2.83. The smallest absolute Gasteiger partial charge is 0.243 e. The molecule has 1 aliphatic rings. The molecule has 2 atom stereocenters. The number of hydrogen-bond acceptors (Lipinski definition) is 4. The van der Waals surface area contributed by atoms with E-state index in [9.17, 15) is 4.79 Å². The first-order valence-corrected chi connectivity index (χ1v) is 7.91. The van der Waals surface area contributed by atoms with Crippen molar-refractivity contribution in [3.05, 3.63) is 72.1 Å². The maximum atomic E-state index is 12.1. The van der Waals surface area contributed by atoms with Crippen molar-refractivity contribution in [2.75, 3.05) is 0 Å². The fourth-order valence-electron chi connectivity index (χ4n) is 2.83. The third-order valence-electron chi connectivity index (χ3n) is 4.19. The molecule has 1 saturated carbocycles. The van der Waals surface area contributed by atoms with Crippen LogP contribution in [0.15, 0.2) is 65.9 Å². The lowest BCUT2D eigenvalue weighted by Gasteiger charge is -2.00. The van der Waals surface area contributed by atoms with Crippen molar-refractivity contribution in [3.63, 3.8) is 0 Å². The fraction of sp³-hybridized carbons (Fsp3) is 0.158. The zero-order valence-corrected chi connectivity index (χ0v) is 13.0. The summed E-state index contributed by atoms with van der Waals surface area (Å²) in [4.78, 5) is 20.9. The monoisotopic (exact) mass is 316 g/mol. The molecular weight excluding hydrogens is 300 g/mol. The molecule has 4 rings (SSSR count). The van der Waals surface area contributed by atoms with Crippen LogP contribution in [0.2, 0.25) is 0 Å². The molecule has 1 aromatic heterocycles. The quantitative estimate of drug-likeness (QED) is 0.594. The van der Waals surface area contributed by atoms with E-state index in [0.717, 1.165) is 17.5 Å². The van der Waals surface area contributed by atoms with Gasteiger partial charge in [-0.25, -0.2) is 10.4 Å². The van der Waals surface area contributed by atoms with Crippen molar-refractivity contribution in [1.82, 2.24) is 15.4 Å². The van der Waals surface area contributed by atoms with Crippen molar-refractivity contribution in [3.8, 4) is 0 Å². The number of carbonyl (C=O) groups is 1. The van der Waals surface area contributed by atoms with Gasteiger partial charge in [-0.3, -0.25) is 9.78 Å². The van der Waals surface area contributed by atoms with E-state index in [4.69, 9.17) is 0 Å². The Morgan fingerprint density at radius 1 is 1.08 bits per heavy atom. The number of nitrogens with zero attached hydrogens (tertiary/aromatic N) is 3. The van der Waals surface area contributed by atoms with Crippen molar-refractivity contribution >= 4 is 23.2 Å². The number of hydrogen-bond donors (Lipinski definition) is 1. The number of carbonyl (C=O) groups excluding carboxylic acids is 1. The van der Waals surface area contributed by atoms with E-state index in [0.29, 0.717) is 11.6 Å². The average molecular weight is 316 g/mol. The van der Waals surface area contributed by atoms with Crippen molar-refractivity contribution in [2.24, 2.45) is 11.0 Å². The summed E-state index contributed by atoms with van der Waals surface area (Å²) >= 11 is 0. The lowest BCUT2D eigenvalue weighted by atomic mass is 10.1. The third kappa shape index (κ3) is 3.01. The van der Waals surface area contributed by atoms with Gasteiger partial charge >= 0.3 is 0 Å². The summed E-state index contributed by atoms with van der Waals surface area (Å²) in [5.41, 5.74) is 6.07. The van der Waals surface area contributed by atoms with Gasteiger partial charge in [-0.05, 0) is 30.0 Å². The van der Waals surface area contributed by atoms with E-state index in [1.54, 1.807) is 6.20 Å². The zero-order chi connectivity index (χ0) is 16.4. The largest absolute Gasteiger partial charge is 0.273 e. The molecule has 0 unspecified atom stereocenters. The van der Waals surface area contributed by atoms with E-state index < -0.39 is 0 Å². The highest BCUT2D eigenvalue weighted by Gasteiger charge is 2.43. The standard InChI is InChI=1S/C19H16N4O/c24-19(16-10-15(16)13-6-2-1-3-7-13)23-21-12-14-11-20-17-8-4-5-9-18(17)22-14/h1-9,11-12,15-16H,10H2,(H,23,24)/b21-12-/t15-,16+/m1/s1. The minimum Gasteiger partial charge on any atom is -0.273 e. The minimum atomic E-state index is -0.0474. The maximum Gasteiger partial charge on any atom is 0.243 e. The number of para-hydroxylation sites is 2. The van der Waals surface area contributed by atoms with E-state index in [1.807, 2.05) is 42.5 Å². The number of nitrogens with one attached hydrogen (secondary N) is 1. The summed E-state index contributed by atoms with van der Waals surface area (Å²) in [7, 11) is 0. The summed E-state index contributed by atoms with van der Waals surface area (Å²) in [6.45, 7) is 0. The lowest BCUT2D eigenvalue weighted by molar-refractivity contribution is -0.122.